The third kappa shape index (κ3) is 1.47. The summed E-state index contributed by atoms with van der Waals surface area (Å²) in [7, 11) is 0. The maximum atomic E-state index is 6.15. The van der Waals surface area contributed by atoms with Gasteiger partial charge in [-0.25, -0.2) is 4.98 Å². The minimum Gasteiger partial charge on any atom is -0.458 e. The Morgan fingerprint density at radius 2 is 2.25 bits per heavy atom. The largest absolute Gasteiger partial charge is 0.458 e. The molecule has 1 aliphatic rings. The number of aryl methyl sites for hydroxylation is 1. The van der Waals surface area contributed by atoms with E-state index >= 15 is 0 Å². The minimum atomic E-state index is 0.628. The van der Waals surface area contributed by atoms with Crippen LogP contribution in [0.2, 0.25) is 5.15 Å². The Morgan fingerprint density at radius 1 is 1.38 bits per heavy atom. The standard InChI is InChI=1S/C12H13ClN2O/c1-8-5-6-10(16-8)12-14-11(13)9-4-2-3-7-15(9)12/h5-6H,2-4,7H2,1H3. The first-order valence-corrected chi connectivity index (χ1v) is 5.95. The third-order valence-corrected chi connectivity index (χ3v) is 3.33. The summed E-state index contributed by atoms with van der Waals surface area (Å²) in [5.74, 6) is 2.58. The summed E-state index contributed by atoms with van der Waals surface area (Å²) in [6.07, 6.45) is 3.40. The van der Waals surface area contributed by atoms with Crippen LogP contribution in [-0.4, -0.2) is 9.55 Å². The summed E-state index contributed by atoms with van der Waals surface area (Å²) in [5.41, 5.74) is 1.15. The maximum absolute atomic E-state index is 6.15. The molecule has 1 aliphatic heterocycles. The van der Waals surface area contributed by atoms with Crippen LogP contribution in [0.15, 0.2) is 16.5 Å². The molecule has 0 N–H and O–H groups in total. The number of aromatic nitrogens is 2. The van der Waals surface area contributed by atoms with Gasteiger partial charge in [0.25, 0.3) is 0 Å². The van der Waals surface area contributed by atoms with E-state index in [4.69, 9.17) is 16.0 Å². The first kappa shape index (κ1) is 9.97. The normalized spacial score (nSPS) is 15.1. The Kier molecular flexibility index (Phi) is 2.28. The Balaban J connectivity index is 2.14. The van der Waals surface area contributed by atoms with Crippen molar-refractivity contribution in [1.82, 2.24) is 9.55 Å². The van der Waals surface area contributed by atoms with Gasteiger partial charge in [0.2, 0.25) is 0 Å². The number of fused-ring (bicyclic) bond motifs is 1. The molecule has 3 nitrogen and oxygen atoms in total. The van der Waals surface area contributed by atoms with E-state index in [1.807, 2.05) is 19.1 Å². The second-order valence-corrected chi connectivity index (χ2v) is 4.55. The lowest BCUT2D eigenvalue weighted by atomic mass is 10.1. The van der Waals surface area contributed by atoms with Crippen molar-refractivity contribution in [1.29, 1.82) is 0 Å². The molecule has 0 amide bonds. The van der Waals surface area contributed by atoms with Crippen LogP contribution in [-0.2, 0) is 13.0 Å². The molecular weight excluding hydrogens is 224 g/mol. The first-order chi connectivity index (χ1) is 7.75. The average Bonchev–Trinajstić information content (AvgIpc) is 2.84. The van der Waals surface area contributed by atoms with Crippen molar-refractivity contribution in [3.05, 3.63) is 28.7 Å². The number of rotatable bonds is 1. The molecule has 0 spiro atoms. The Labute approximate surface area is 99.0 Å². The van der Waals surface area contributed by atoms with Gasteiger partial charge in [-0.3, -0.25) is 0 Å². The quantitative estimate of drug-likeness (QED) is 0.760. The highest BCUT2D eigenvalue weighted by Gasteiger charge is 2.21. The van der Waals surface area contributed by atoms with E-state index < -0.39 is 0 Å². The van der Waals surface area contributed by atoms with Crippen molar-refractivity contribution in [2.24, 2.45) is 0 Å². The van der Waals surface area contributed by atoms with Crippen molar-refractivity contribution in [3.63, 3.8) is 0 Å². The van der Waals surface area contributed by atoms with Crippen LogP contribution in [0, 0.1) is 6.92 Å². The van der Waals surface area contributed by atoms with Crippen LogP contribution in [0.25, 0.3) is 11.6 Å². The van der Waals surface area contributed by atoms with Gasteiger partial charge in [-0.2, -0.15) is 0 Å². The topological polar surface area (TPSA) is 31.0 Å². The smallest absolute Gasteiger partial charge is 0.177 e. The highest BCUT2D eigenvalue weighted by Crippen LogP contribution is 2.30. The van der Waals surface area contributed by atoms with Gasteiger partial charge >= 0.3 is 0 Å². The molecule has 0 unspecified atom stereocenters. The van der Waals surface area contributed by atoms with Crippen molar-refractivity contribution >= 4 is 11.6 Å². The molecule has 84 valence electrons. The number of hydrogen-bond donors (Lipinski definition) is 0. The molecule has 0 aliphatic carbocycles. The molecule has 0 saturated heterocycles. The van der Waals surface area contributed by atoms with E-state index in [9.17, 15) is 0 Å². The zero-order valence-corrected chi connectivity index (χ0v) is 9.92. The second kappa shape index (κ2) is 3.67. The summed E-state index contributed by atoms with van der Waals surface area (Å²) in [6, 6.07) is 3.91. The first-order valence-electron chi connectivity index (χ1n) is 5.57. The van der Waals surface area contributed by atoms with E-state index in [0.717, 1.165) is 36.0 Å². The van der Waals surface area contributed by atoms with E-state index in [1.165, 1.54) is 12.8 Å². The van der Waals surface area contributed by atoms with Crippen LogP contribution in [0.3, 0.4) is 0 Å². The number of hydrogen-bond acceptors (Lipinski definition) is 2. The Bertz CT molecular complexity index is 527. The lowest BCUT2D eigenvalue weighted by Crippen LogP contribution is -2.10. The molecule has 0 atom stereocenters. The van der Waals surface area contributed by atoms with E-state index in [-0.39, 0.29) is 0 Å². The van der Waals surface area contributed by atoms with Gasteiger partial charge < -0.3 is 8.98 Å². The highest BCUT2D eigenvalue weighted by molar-refractivity contribution is 6.30. The fraction of sp³-hybridized carbons (Fsp3) is 0.417. The van der Waals surface area contributed by atoms with Gasteiger partial charge in [0, 0.05) is 6.54 Å². The van der Waals surface area contributed by atoms with E-state index in [1.54, 1.807) is 0 Å². The molecule has 0 fully saturated rings. The van der Waals surface area contributed by atoms with Crippen molar-refractivity contribution in [2.75, 3.05) is 0 Å². The zero-order valence-electron chi connectivity index (χ0n) is 9.16. The summed E-state index contributed by atoms with van der Waals surface area (Å²) >= 11 is 6.15. The van der Waals surface area contributed by atoms with Gasteiger partial charge in [-0.15, -0.1) is 0 Å². The zero-order chi connectivity index (χ0) is 11.1. The summed E-state index contributed by atoms with van der Waals surface area (Å²) < 4.78 is 7.79. The minimum absolute atomic E-state index is 0.628. The van der Waals surface area contributed by atoms with E-state index in [2.05, 4.69) is 9.55 Å². The molecule has 0 aromatic carbocycles. The van der Waals surface area contributed by atoms with E-state index in [0.29, 0.717) is 5.15 Å². The Morgan fingerprint density at radius 3 is 3.00 bits per heavy atom. The molecule has 16 heavy (non-hydrogen) atoms. The van der Waals surface area contributed by atoms with Gasteiger partial charge in [-0.1, -0.05) is 11.6 Å². The Hall–Kier alpha value is -1.22. The molecule has 0 radical (unpaired) electrons. The SMILES string of the molecule is Cc1ccc(-c2nc(Cl)c3n2CCCC3)o1. The monoisotopic (exact) mass is 236 g/mol. The number of furan rings is 1. The van der Waals surface area contributed by atoms with Gasteiger partial charge in [-0.05, 0) is 38.3 Å². The van der Waals surface area contributed by atoms with Crippen LogP contribution in [0.4, 0.5) is 0 Å². The lowest BCUT2D eigenvalue weighted by Gasteiger charge is -2.15. The van der Waals surface area contributed by atoms with Gasteiger partial charge in [0.1, 0.15) is 5.76 Å². The van der Waals surface area contributed by atoms with Crippen LogP contribution >= 0.6 is 11.6 Å². The summed E-state index contributed by atoms with van der Waals surface area (Å²) in [4.78, 5) is 4.41. The average molecular weight is 237 g/mol. The van der Waals surface area contributed by atoms with Gasteiger partial charge in [0.15, 0.2) is 16.7 Å². The molecular formula is C12H13ClN2O. The number of nitrogens with zero attached hydrogens (tertiary/aromatic N) is 2. The maximum Gasteiger partial charge on any atom is 0.177 e. The molecule has 3 heterocycles. The van der Waals surface area contributed by atoms with Crippen molar-refractivity contribution < 1.29 is 4.42 Å². The third-order valence-electron chi connectivity index (χ3n) is 3.03. The summed E-state index contributed by atoms with van der Waals surface area (Å²) in [5, 5.41) is 0.628. The predicted octanol–water partition coefficient (Wildman–Crippen LogP) is 3.44. The van der Waals surface area contributed by atoms with Gasteiger partial charge in [0.05, 0.1) is 5.69 Å². The second-order valence-electron chi connectivity index (χ2n) is 4.19. The van der Waals surface area contributed by atoms with Crippen LogP contribution in [0.5, 0.6) is 0 Å². The molecule has 2 aromatic heterocycles. The molecule has 2 aromatic rings. The fourth-order valence-corrected chi connectivity index (χ4v) is 2.52. The highest BCUT2D eigenvalue weighted by atomic mass is 35.5. The van der Waals surface area contributed by atoms with Crippen LogP contribution in [0.1, 0.15) is 24.3 Å². The lowest BCUT2D eigenvalue weighted by molar-refractivity contribution is 0.511. The number of halogens is 1. The number of imidazole rings is 1. The molecule has 4 heteroatoms. The fourth-order valence-electron chi connectivity index (χ4n) is 2.24. The van der Waals surface area contributed by atoms with Crippen molar-refractivity contribution in [3.8, 4) is 11.6 Å². The summed E-state index contributed by atoms with van der Waals surface area (Å²) in [6.45, 7) is 2.93. The van der Waals surface area contributed by atoms with Crippen molar-refractivity contribution in [2.45, 2.75) is 32.7 Å². The molecule has 0 bridgehead atoms. The molecule has 3 rings (SSSR count). The predicted molar refractivity (Wildman–Crippen MR) is 62.6 cm³/mol. The van der Waals surface area contributed by atoms with Crippen LogP contribution < -0.4 is 0 Å². The molecule has 0 saturated carbocycles.